The van der Waals surface area contributed by atoms with Gasteiger partial charge in [0.25, 0.3) is 0 Å². The van der Waals surface area contributed by atoms with Crippen molar-refractivity contribution in [3.05, 3.63) is 65.0 Å². The third kappa shape index (κ3) is 4.29. The van der Waals surface area contributed by atoms with Crippen LogP contribution in [0.3, 0.4) is 0 Å². The molecule has 2 rings (SSSR count). The maximum absolute atomic E-state index is 8.66. The van der Waals surface area contributed by atoms with Gasteiger partial charge < -0.3 is 15.7 Å². The largest absolute Gasteiger partial charge is 0.409 e. The summed E-state index contributed by atoms with van der Waals surface area (Å²) in [5.74, 6) is 0.112. The van der Waals surface area contributed by atoms with Crippen LogP contribution in [-0.4, -0.2) is 22.6 Å². The van der Waals surface area contributed by atoms with Crippen LogP contribution in [0.1, 0.15) is 22.4 Å². The van der Waals surface area contributed by atoms with Crippen molar-refractivity contribution in [2.45, 2.75) is 20.0 Å². The number of hydrogen-bond donors (Lipinski definition) is 2. The average Bonchev–Trinajstić information content (AvgIpc) is 2.53. The average molecular weight is 285 g/mol. The van der Waals surface area contributed by atoms with Crippen LogP contribution in [0.25, 0.3) is 0 Å². The number of amidine groups is 1. The molecule has 0 saturated heterocycles. The van der Waals surface area contributed by atoms with Crippen molar-refractivity contribution < 1.29 is 9.94 Å². The second-order valence-electron chi connectivity index (χ2n) is 4.75. The number of aromatic nitrogens is 1. The first-order chi connectivity index (χ1) is 10.2. The van der Waals surface area contributed by atoms with Gasteiger partial charge in [0.05, 0.1) is 13.2 Å². The summed E-state index contributed by atoms with van der Waals surface area (Å²) < 4.78 is 5.68. The van der Waals surface area contributed by atoms with Gasteiger partial charge in [0.1, 0.15) is 0 Å². The summed E-state index contributed by atoms with van der Waals surface area (Å²) in [5.41, 5.74) is 9.43. The second-order valence-corrected chi connectivity index (χ2v) is 4.75. The van der Waals surface area contributed by atoms with Crippen molar-refractivity contribution in [1.29, 1.82) is 0 Å². The van der Waals surface area contributed by atoms with Crippen LogP contribution in [0.4, 0.5) is 0 Å². The van der Waals surface area contributed by atoms with Crippen molar-refractivity contribution in [1.82, 2.24) is 4.98 Å². The number of hydrogen-bond acceptors (Lipinski definition) is 4. The SMILES string of the molecule is Cc1cc(/C(N)=N/O)ccc1COCCc1ccccn1. The van der Waals surface area contributed by atoms with E-state index in [4.69, 9.17) is 15.7 Å². The van der Waals surface area contributed by atoms with E-state index in [9.17, 15) is 0 Å². The van der Waals surface area contributed by atoms with E-state index in [1.807, 2.05) is 43.3 Å². The minimum absolute atomic E-state index is 0.112. The Labute approximate surface area is 124 Å². The lowest BCUT2D eigenvalue weighted by molar-refractivity contribution is 0.123. The topological polar surface area (TPSA) is 80.7 Å². The van der Waals surface area contributed by atoms with Crippen LogP contribution in [-0.2, 0) is 17.8 Å². The summed E-state index contributed by atoms with van der Waals surface area (Å²) in [4.78, 5) is 4.25. The Hall–Kier alpha value is -2.40. The number of oxime groups is 1. The summed E-state index contributed by atoms with van der Waals surface area (Å²) in [6, 6.07) is 11.5. The first-order valence-electron chi connectivity index (χ1n) is 6.76. The molecule has 110 valence electrons. The number of aryl methyl sites for hydroxylation is 1. The van der Waals surface area contributed by atoms with Crippen molar-refractivity contribution in [3.63, 3.8) is 0 Å². The number of ether oxygens (including phenoxy) is 1. The fourth-order valence-corrected chi connectivity index (χ4v) is 1.98. The van der Waals surface area contributed by atoms with Gasteiger partial charge in [-0.05, 0) is 36.2 Å². The highest BCUT2D eigenvalue weighted by molar-refractivity contribution is 5.97. The van der Waals surface area contributed by atoms with Gasteiger partial charge in [0, 0.05) is 23.9 Å². The number of benzene rings is 1. The van der Waals surface area contributed by atoms with Crippen molar-refractivity contribution >= 4 is 5.84 Å². The van der Waals surface area contributed by atoms with Gasteiger partial charge in [0.2, 0.25) is 0 Å². The monoisotopic (exact) mass is 285 g/mol. The normalized spacial score (nSPS) is 11.6. The zero-order chi connectivity index (χ0) is 15.1. The minimum atomic E-state index is 0.112. The van der Waals surface area contributed by atoms with Gasteiger partial charge in [-0.1, -0.05) is 23.4 Å². The van der Waals surface area contributed by atoms with Gasteiger partial charge in [-0.3, -0.25) is 4.98 Å². The first kappa shape index (κ1) is 15.0. The standard InChI is InChI=1S/C16H19N3O2/c1-12-10-13(16(17)19-20)5-6-14(12)11-21-9-7-15-4-2-3-8-18-15/h2-6,8,10,20H,7,9,11H2,1H3,(H2,17,19). The predicted octanol–water partition coefficient (Wildman–Crippen LogP) is 2.24. The van der Waals surface area contributed by atoms with Crippen LogP contribution in [0.2, 0.25) is 0 Å². The van der Waals surface area contributed by atoms with E-state index in [-0.39, 0.29) is 5.84 Å². The van der Waals surface area contributed by atoms with Crippen LogP contribution >= 0.6 is 0 Å². The third-order valence-corrected chi connectivity index (χ3v) is 3.23. The minimum Gasteiger partial charge on any atom is -0.409 e. The molecule has 0 radical (unpaired) electrons. The smallest absolute Gasteiger partial charge is 0.170 e. The number of nitrogens with two attached hydrogens (primary N) is 1. The molecule has 2 aromatic rings. The molecule has 0 atom stereocenters. The molecule has 0 aliphatic carbocycles. The zero-order valence-corrected chi connectivity index (χ0v) is 12.0. The molecule has 0 aliphatic heterocycles. The Morgan fingerprint density at radius 2 is 2.19 bits per heavy atom. The van der Waals surface area contributed by atoms with E-state index < -0.39 is 0 Å². The van der Waals surface area contributed by atoms with Gasteiger partial charge in [-0.25, -0.2) is 0 Å². The molecule has 0 unspecified atom stereocenters. The zero-order valence-electron chi connectivity index (χ0n) is 12.0. The fourth-order valence-electron chi connectivity index (χ4n) is 1.98. The Morgan fingerprint density at radius 3 is 2.86 bits per heavy atom. The Kier molecular flexibility index (Phi) is 5.29. The fraction of sp³-hybridized carbons (Fsp3) is 0.250. The summed E-state index contributed by atoms with van der Waals surface area (Å²) >= 11 is 0. The first-order valence-corrected chi connectivity index (χ1v) is 6.76. The van der Waals surface area contributed by atoms with E-state index in [2.05, 4.69) is 10.1 Å². The van der Waals surface area contributed by atoms with Crippen molar-refractivity contribution in [2.75, 3.05) is 6.61 Å². The summed E-state index contributed by atoms with van der Waals surface area (Å²) in [6.45, 7) is 3.14. The summed E-state index contributed by atoms with van der Waals surface area (Å²) in [7, 11) is 0. The number of nitrogens with zero attached hydrogens (tertiary/aromatic N) is 2. The van der Waals surface area contributed by atoms with Crippen LogP contribution in [0, 0.1) is 6.92 Å². The Balaban J connectivity index is 1.86. The number of pyridine rings is 1. The van der Waals surface area contributed by atoms with E-state index in [1.54, 1.807) is 6.20 Å². The van der Waals surface area contributed by atoms with E-state index in [0.717, 1.165) is 23.2 Å². The van der Waals surface area contributed by atoms with Crippen molar-refractivity contribution in [2.24, 2.45) is 10.9 Å². The molecule has 3 N–H and O–H groups in total. The summed E-state index contributed by atoms with van der Waals surface area (Å²) in [6.07, 6.45) is 2.58. The van der Waals surface area contributed by atoms with E-state index in [0.29, 0.717) is 18.8 Å². The van der Waals surface area contributed by atoms with Gasteiger partial charge in [-0.2, -0.15) is 0 Å². The quantitative estimate of drug-likeness (QED) is 0.280. The van der Waals surface area contributed by atoms with Crippen LogP contribution < -0.4 is 5.73 Å². The Morgan fingerprint density at radius 1 is 1.33 bits per heavy atom. The molecule has 1 aromatic carbocycles. The maximum atomic E-state index is 8.66. The Bertz CT molecular complexity index is 612. The van der Waals surface area contributed by atoms with Gasteiger partial charge >= 0.3 is 0 Å². The molecule has 21 heavy (non-hydrogen) atoms. The highest BCUT2D eigenvalue weighted by atomic mass is 16.5. The molecule has 0 fully saturated rings. The summed E-state index contributed by atoms with van der Waals surface area (Å²) in [5, 5.41) is 11.7. The maximum Gasteiger partial charge on any atom is 0.170 e. The molecule has 5 nitrogen and oxygen atoms in total. The molecule has 1 heterocycles. The molecular formula is C16H19N3O2. The van der Waals surface area contributed by atoms with Gasteiger partial charge in [-0.15, -0.1) is 0 Å². The third-order valence-electron chi connectivity index (χ3n) is 3.23. The number of rotatable bonds is 6. The predicted molar refractivity (Wildman–Crippen MR) is 81.3 cm³/mol. The van der Waals surface area contributed by atoms with Gasteiger partial charge in [0.15, 0.2) is 5.84 Å². The molecule has 0 saturated carbocycles. The van der Waals surface area contributed by atoms with Crippen molar-refractivity contribution in [3.8, 4) is 0 Å². The second kappa shape index (κ2) is 7.40. The molecule has 0 bridgehead atoms. The molecule has 5 heteroatoms. The molecular weight excluding hydrogens is 266 g/mol. The highest BCUT2D eigenvalue weighted by Crippen LogP contribution is 2.12. The lowest BCUT2D eigenvalue weighted by atomic mass is 10.1. The van der Waals surface area contributed by atoms with E-state index >= 15 is 0 Å². The highest BCUT2D eigenvalue weighted by Gasteiger charge is 2.04. The molecule has 0 spiro atoms. The molecule has 1 aromatic heterocycles. The van der Waals surface area contributed by atoms with Crippen LogP contribution in [0.5, 0.6) is 0 Å². The van der Waals surface area contributed by atoms with Crippen LogP contribution in [0.15, 0.2) is 47.8 Å². The van der Waals surface area contributed by atoms with E-state index in [1.165, 1.54) is 0 Å². The lowest BCUT2D eigenvalue weighted by Gasteiger charge is -2.09. The molecule has 0 amide bonds. The lowest BCUT2D eigenvalue weighted by Crippen LogP contribution is -2.13. The molecule has 0 aliphatic rings.